The summed E-state index contributed by atoms with van der Waals surface area (Å²) in [5, 5.41) is 31.2. The van der Waals surface area contributed by atoms with Gasteiger partial charge in [-0.1, -0.05) is 13.0 Å². The molecular formula is C28H29N3O3S2. The number of anilines is 1. The van der Waals surface area contributed by atoms with Crippen LogP contribution in [-0.2, 0) is 12.8 Å². The average molecular weight is 520 g/mol. The molecule has 1 aromatic heterocycles. The van der Waals surface area contributed by atoms with E-state index in [-0.39, 0.29) is 23.3 Å². The fourth-order valence-corrected chi connectivity index (χ4v) is 7.16. The zero-order valence-electron chi connectivity index (χ0n) is 20.3. The first-order chi connectivity index (χ1) is 17.3. The fourth-order valence-electron chi connectivity index (χ4n) is 6.07. The van der Waals surface area contributed by atoms with Crippen molar-refractivity contribution in [2.75, 3.05) is 31.6 Å². The second-order valence-electron chi connectivity index (χ2n) is 10.2. The van der Waals surface area contributed by atoms with Crippen LogP contribution in [0.2, 0.25) is 0 Å². The SMILES string of the molecule is CC(CN(C)c1ccc2sc(=S)[nH]c2c1)CN1CCc2cc(O)cc3c2C1Cc1ccc(O)c(O)c1-3. The summed E-state index contributed by atoms with van der Waals surface area (Å²) in [4.78, 5) is 8.13. The summed E-state index contributed by atoms with van der Waals surface area (Å²) in [5.74, 6) is 0.387. The van der Waals surface area contributed by atoms with Gasteiger partial charge in [-0.15, -0.1) is 11.3 Å². The topological polar surface area (TPSA) is 83.0 Å². The van der Waals surface area contributed by atoms with Gasteiger partial charge in [0.1, 0.15) is 5.75 Å². The molecule has 0 spiro atoms. The lowest BCUT2D eigenvalue weighted by Gasteiger charge is -2.43. The first-order valence-corrected chi connectivity index (χ1v) is 13.5. The Morgan fingerprint density at radius 3 is 2.81 bits per heavy atom. The number of rotatable bonds is 5. The predicted molar refractivity (Wildman–Crippen MR) is 148 cm³/mol. The standard InChI is InChI=1S/C28H29N3O3S2/c1-15(13-30(2)18-4-6-24-21(11-18)29-28(35)36-24)14-31-8-7-17-9-19(32)12-20-25(17)22(31)10-16-3-5-23(33)27(34)26(16)20/h3-6,9,11-12,15,22,32-34H,7-8,10,13-14H2,1-2H3,(H,29,35). The number of nitrogens with zero attached hydrogens (tertiary/aromatic N) is 2. The summed E-state index contributed by atoms with van der Waals surface area (Å²) >= 11 is 6.90. The van der Waals surface area contributed by atoms with Crippen molar-refractivity contribution in [1.29, 1.82) is 0 Å². The highest BCUT2D eigenvalue weighted by Gasteiger charge is 2.36. The highest BCUT2D eigenvalue weighted by Crippen LogP contribution is 2.51. The van der Waals surface area contributed by atoms with E-state index in [2.05, 4.69) is 47.0 Å². The van der Waals surface area contributed by atoms with E-state index in [4.69, 9.17) is 12.2 Å². The molecule has 0 saturated heterocycles. The van der Waals surface area contributed by atoms with Gasteiger partial charge in [-0.25, -0.2) is 0 Å². The van der Waals surface area contributed by atoms with Crippen LogP contribution in [0.15, 0.2) is 42.5 Å². The Hall–Kier alpha value is -3.07. The minimum atomic E-state index is -0.129. The second-order valence-corrected chi connectivity index (χ2v) is 11.9. The van der Waals surface area contributed by atoms with Gasteiger partial charge >= 0.3 is 0 Å². The zero-order valence-corrected chi connectivity index (χ0v) is 21.9. The van der Waals surface area contributed by atoms with Gasteiger partial charge in [0, 0.05) is 44.0 Å². The van der Waals surface area contributed by atoms with Gasteiger partial charge < -0.3 is 25.2 Å². The van der Waals surface area contributed by atoms with Gasteiger partial charge in [-0.2, -0.15) is 0 Å². The third kappa shape index (κ3) is 3.93. The van der Waals surface area contributed by atoms with Crippen LogP contribution in [0.25, 0.3) is 21.3 Å². The number of thiazole rings is 1. The van der Waals surface area contributed by atoms with Gasteiger partial charge in [0.15, 0.2) is 15.5 Å². The number of aromatic hydroxyl groups is 3. The molecule has 0 saturated carbocycles. The molecule has 4 aromatic rings. The molecule has 0 bridgehead atoms. The summed E-state index contributed by atoms with van der Waals surface area (Å²) in [7, 11) is 2.14. The van der Waals surface area contributed by atoms with E-state index >= 15 is 0 Å². The number of hydrogen-bond acceptors (Lipinski definition) is 7. The van der Waals surface area contributed by atoms with Gasteiger partial charge in [-0.05, 0) is 89.6 Å². The lowest BCUT2D eigenvalue weighted by molar-refractivity contribution is 0.159. The van der Waals surface area contributed by atoms with Gasteiger partial charge in [0.2, 0.25) is 0 Å². The second kappa shape index (κ2) is 8.80. The van der Waals surface area contributed by atoms with Crippen molar-refractivity contribution < 1.29 is 15.3 Å². The number of nitrogens with one attached hydrogen (secondary N) is 1. The normalized spacial score (nSPS) is 17.6. The molecule has 36 heavy (non-hydrogen) atoms. The van der Waals surface area contributed by atoms with Crippen LogP contribution in [0.1, 0.15) is 29.7 Å². The molecule has 6 rings (SSSR count). The molecule has 0 radical (unpaired) electrons. The lowest BCUT2D eigenvalue weighted by atomic mass is 9.76. The summed E-state index contributed by atoms with van der Waals surface area (Å²) in [6, 6.07) is 13.7. The van der Waals surface area contributed by atoms with Crippen molar-refractivity contribution in [3.05, 3.63) is 63.1 Å². The predicted octanol–water partition coefficient (Wildman–Crippen LogP) is 5.97. The summed E-state index contributed by atoms with van der Waals surface area (Å²) in [5.41, 5.74) is 7.04. The summed E-state index contributed by atoms with van der Waals surface area (Å²) < 4.78 is 1.98. The quantitative estimate of drug-likeness (QED) is 0.192. The third-order valence-corrected chi connectivity index (χ3v) is 8.81. The van der Waals surface area contributed by atoms with Crippen LogP contribution in [0.3, 0.4) is 0 Å². The molecule has 3 aromatic carbocycles. The Morgan fingerprint density at radius 1 is 1.14 bits per heavy atom. The summed E-state index contributed by atoms with van der Waals surface area (Å²) in [6.07, 6.45) is 1.61. The molecule has 2 heterocycles. The molecule has 8 heteroatoms. The summed E-state index contributed by atoms with van der Waals surface area (Å²) in [6.45, 7) is 5.07. The van der Waals surface area contributed by atoms with Crippen LogP contribution in [0, 0.1) is 9.87 Å². The van der Waals surface area contributed by atoms with Gasteiger partial charge in [-0.3, -0.25) is 4.90 Å². The number of H-pyrrole nitrogens is 1. The van der Waals surface area contributed by atoms with E-state index in [0.29, 0.717) is 11.5 Å². The maximum absolute atomic E-state index is 10.7. The van der Waals surface area contributed by atoms with E-state index in [1.165, 1.54) is 16.0 Å². The number of aromatic nitrogens is 1. The molecule has 4 N–H and O–H groups in total. The molecule has 2 atom stereocenters. The van der Waals surface area contributed by atoms with E-state index in [0.717, 1.165) is 58.6 Å². The Kier molecular flexibility index (Phi) is 5.70. The number of benzene rings is 3. The first kappa shape index (κ1) is 23.3. The largest absolute Gasteiger partial charge is 0.508 e. The number of aromatic amines is 1. The molecular weight excluding hydrogens is 490 g/mol. The number of phenols is 3. The highest BCUT2D eigenvalue weighted by molar-refractivity contribution is 7.73. The Morgan fingerprint density at radius 2 is 1.97 bits per heavy atom. The van der Waals surface area contributed by atoms with Crippen LogP contribution >= 0.6 is 23.6 Å². The number of hydrogen-bond donors (Lipinski definition) is 4. The minimum absolute atomic E-state index is 0.103. The van der Waals surface area contributed by atoms with Crippen LogP contribution in [0.5, 0.6) is 17.2 Å². The van der Waals surface area contributed by atoms with Crippen molar-refractivity contribution in [3.63, 3.8) is 0 Å². The maximum atomic E-state index is 10.7. The monoisotopic (exact) mass is 519 g/mol. The van der Waals surface area contributed by atoms with E-state index in [1.807, 2.05) is 12.1 Å². The zero-order chi connectivity index (χ0) is 25.1. The molecule has 0 amide bonds. The average Bonchev–Trinajstić information content (AvgIpc) is 3.22. The molecule has 0 fully saturated rings. The number of phenolic OH excluding ortho intramolecular Hbond substituents is 3. The van der Waals surface area contributed by atoms with Crippen LogP contribution < -0.4 is 4.90 Å². The molecule has 2 unspecified atom stereocenters. The molecule has 186 valence electrons. The van der Waals surface area contributed by atoms with Crippen molar-refractivity contribution in [2.45, 2.75) is 25.8 Å². The van der Waals surface area contributed by atoms with E-state index < -0.39 is 0 Å². The Labute approximate surface area is 219 Å². The molecule has 2 aliphatic rings. The maximum Gasteiger partial charge on any atom is 0.165 e. The minimum Gasteiger partial charge on any atom is -0.508 e. The Bertz CT molecular complexity index is 1540. The first-order valence-electron chi connectivity index (χ1n) is 12.3. The molecule has 6 nitrogen and oxygen atoms in total. The third-order valence-electron chi connectivity index (χ3n) is 7.59. The smallest absolute Gasteiger partial charge is 0.165 e. The van der Waals surface area contributed by atoms with Gasteiger partial charge in [0.05, 0.1) is 10.2 Å². The highest BCUT2D eigenvalue weighted by atomic mass is 32.1. The Balaban J connectivity index is 1.25. The van der Waals surface area contributed by atoms with Crippen molar-refractivity contribution in [1.82, 2.24) is 9.88 Å². The van der Waals surface area contributed by atoms with Gasteiger partial charge in [0.25, 0.3) is 0 Å². The number of fused-ring (bicyclic) bond motifs is 3. The van der Waals surface area contributed by atoms with E-state index in [1.54, 1.807) is 23.5 Å². The van der Waals surface area contributed by atoms with Crippen LogP contribution in [-0.4, -0.2) is 51.9 Å². The van der Waals surface area contributed by atoms with Crippen LogP contribution in [0.4, 0.5) is 5.69 Å². The lowest BCUT2D eigenvalue weighted by Crippen LogP contribution is -2.42. The molecule has 1 aliphatic heterocycles. The van der Waals surface area contributed by atoms with E-state index in [9.17, 15) is 15.3 Å². The fraction of sp³-hybridized carbons (Fsp3) is 0.321. The van der Waals surface area contributed by atoms with Crippen molar-refractivity contribution >= 4 is 39.5 Å². The molecule has 1 aliphatic carbocycles. The van der Waals surface area contributed by atoms with Crippen molar-refractivity contribution in [2.24, 2.45) is 5.92 Å². The van der Waals surface area contributed by atoms with Crippen molar-refractivity contribution in [3.8, 4) is 28.4 Å².